The molecule has 0 atom stereocenters. The third-order valence-electron chi connectivity index (χ3n) is 2.95. The molecule has 0 saturated carbocycles. The largest absolute Gasteiger partial charge is 0.423 e. The lowest BCUT2D eigenvalue weighted by Crippen LogP contribution is -2.13. The van der Waals surface area contributed by atoms with Gasteiger partial charge in [-0.05, 0) is 42.8 Å². The zero-order valence-corrected chi connectivity index (χ0v) is 13.6. The van der Waals surface area contributed by atoms with Crippen molar-refractivity contribution >= 4 is 50.3 Å². The number of oxazole rings is 1. The van der Waals surface area contributed by atoms with Crippen molar-refractivity contribution in [3.8, 4) is 0 Å². The first-order valence-electron chi connectivity index (χ1n) is 6.20. The molecule has 3 rings (SSSR count). The molecule has 3 aromatic rings. The zero-order chi connectivity index (χ0) is 15.9. The molecule has 0 spiro atoms. The summed E-state index contributed by atoms with van der Waals surface area (Å²) in [5.41, 5.74) is 2.03. The molecule has 0 bridgehead atoms. The predicted molar refractivity (Wildman–Crippen MR) is 86.0 cm³/mol. The van der Waals surface area contributed by atoms with Crippen molar-refractivity contribution in [2.24, 2.45) is 0 Å². The van der Waals surface area contributed by atoms with Crippen LogP contribution in [0.3, 0.4) is 0 Å². The molecule has 0 fully saturated rings. The van der Waals surface area contributed by atoms with Crippen LogP contribution in [0.25, 0.3) is 11.1 Å². The van der Waals surface area contributed by atoms with Gasteiger partial charge >= 0.3 is 6.01 Å². The molecule has 0 aliphatic heterocycles. The molecule has 2 aromatic carbocycles. The normalized spacial score (nSPS) is 11.8. The van der Waals surface area contributed by atoms with Crippen LogP contribution in [0.4, 0.5) is 6.01 Å². The van der Waals surface area contributed by atoms with E-state index < -0.39 is 10.0 Å². The average Bonchev–Trinajstić information content (AvgIpc) is 2.81. The van der Waals surface area contributed by atoms with Crippen molar-refractivity contribution in [1.29, 1.82) is 0 Å². The number of fused-ring (bicyclic) bond motifs is 1. The summed E-state index contributed by atoms with van der Waals surface area (Å²) in [6, 6.07) is 9.43. The summed E-state index contributed by atoms with van der Waals surface area (Å²) in [5, 5.41) is 0.321. The Kier molecular flexibility index (Phi) is 3.76. The van der Waals surface area contributed by atoms with Crippen LogP contribution in [-0.2, 0) is 10.0 Å². The van der Waals surface area contributed by atoms with Gasteiger partial charge in [-0.3, -0.25) is 0 Å². The first-order chi connectivity index (χ1) is 10.3. The van der Waals surface area contributed by atoms with Gasteiger partial charge in [0.1, 0.15) is 10.4 Å². The number of rotatable bonds is 3. The Balaban J connectivity index is 2.00. The number of aryl methyl sites for hydroxylation is 1. The second kappa shape index (κ2) is 5.46. The lowest BCUT2D eigenvalue weighted by Gasteiger charge is -2.06. The van der Waals surface area contributed by atoms with Crippen LogP contribution in [-0.4, -0.2) is 13.4 Å². The van der Waals surface area contributed by atoms with Crippen molar-refractivity contribution in [2.45, 2.75) is 11.8 Å². The molecular formula is C14H10Cl2N2O3S. The molecule has 5 nitrogen and oxygen atoms in total. The Bertz CT molecular complexity index is 967. The first kappa shape index (κ1) is 15.1. The van der Waals surface area contributed by atoms with E-state index in [0.717, 1.165) is 5.56 Å². The molecule has 22 heavy (non-hydrogen) atoms. The van der Waals surface area contributed by atoms with Crippen LogP contribution < -0.4 is 4.72 Å². The van der Waals surface area contributed by atoms with Crippen LogP contribution in [0, 0.1) is 6.92 Å². The molecule has 0 aliphatic rings. The summed E-state index contributed by atoms with van der Waals surface area (Å²) >= 11 is 11.7. The Morgan fingerprint density at radius 3 is 2.68 bits per heavy atom. The molecule has 1 heterocycles. The van der Waals surface area contributed by atoms with Gasteiger partial charge in [-0.1, -0.05) is 29.3 Å². The minimum Gasteiger partial charge on any atom is -0.423 e. The van der Waals surface area contributed by atoms with Gasteiger partial charge < -0.3 is 4.42 Å². The highest BCUT2D eigenvalue weighted by atomic mass is 35.5. The van der Waals surface area contributed by atoms with Gasteiger partial charge in [0.2, 0.25) is 0 Å². The zero-order valence-electron chi connectivity index (χ0n) is 11.3. The molecule has 0 radical (unpaired) electrons. The van der Waals surface area contributed by atoms with Gasteiger partial charge in [0.25, 0.3) is 10.0 Å². The van der Waals surface area contributed by atoms with Crippen LogP contribution in [0.5, 0.6) is 0 Å². The van der Waals surface area contributed by atoms with E-state index in [0.29, 0.717) is 11.1 Å². The minimum atomic E-state index is -3.95. The topological polar surface area (TPSA) is 72.2 Å². The number of halogens is 2. The summed E-state index contributed by atoms with van der Waals surface area (Å²) in [5.74, 6) is 0. The third kappa shape index (κ3) is 2.90. The van der Waals surface area contributed by atoms with E-state index >= 15 is 0 Å². The Labute approximate surface area is 136 Å². The second-order valence-electron chi connectivity index (χ2n) is 4.67. The summed E-state index contributed by atoms with van der Waals surface area (Å²) in [6.07, 6.45) is 0. The Hall–Kier alpha value is -1.76. The van der Waals surface area contributed by atoms with E-state index in [2.05, 4.69) is 9.71 Å². The smallest absolute Gasteiger partial charge is 0.309 e. The SMILES string of the molecule is Cc1ccc2nc(NS(=O)(=O)c3cc(Cl)ccc3Cl)oc2c1. The molecule has 0 amide bonds. The van der Waals surface area contributed by atoms with Gasteiger partial charge in [0.15, 0.2) is 5.58 Å². The molecule has 114 valence electrons. The number of nitrogens with zero attached hydrogens (tertiary/aromatic N) is 1. The number of benzene rings is 2. The van der Waals surface area contributed by atoms with Gasteiger partial charge in [0.05, 0.1) is 5.02 Å². The summed E-state index contributed by atoms with van der Waals surface area (Å²) < 4.78 is 32.4. The second-order valence-corrected chi connectivity index (χ2v) is 7.16. The fourth-order valence-electron chi connectivity index (χ4n) is 1.93. The Morgan fingerprint density at radius 2 is 1.91 bits per heavy atom. The van der Waals surface area contributed by atoms with E-state index in [1.54, 1.807) is 12.1 Å². The molecule has 0 aliphatic carbocycles. The maximum Gasteiger partial charge on any atom is 0.309 e. The molecule has 1 N–H and O–H groups in total. The van der Waals surface area contributed by atoms with Crippen LogP contribution >= 0.6 is 23.2 Å². The van der Waals surface area contributed by atoms with Crippen molar-refractivity contribution in [3.63, 3.8) is 0 Å². The van der Waals surface area contributed by atoms with E-state index in [1.807, 2.05) is 13.0 Å². The average molecular weight is 357 g/mol. The van der Waals surface area contributed by atoms with Crippen molar-refractivity contribution in [1.82, 2.24) is 4.98 Å². The monoisotopic (exact) mass is 356 g/mol. The summed E-state index contributed by atoms with van der Waals surface area (Å²) in [7, 11) is -3.95. The number of hydrogen-bond acceptors (Lipinski definition) is 4. The molecular weight excluding hydrogens is 347 g/mol. The number of nitrogens with one attached hydrogen (secondary N) is 1. The number of hydrogen-bond donors (Lipinski definition) is 1. The van der Waals surface area contributed by atoms with Gasteiger partial charge in [0, 0.05) is 5.02 Å². The van der Waals surface area contributed by atoms with Crippen molar-refractivity contribution < 1.29 is 12.8 Å². The fraction of sp³-hybridized carbons (Fsp3) is 0.0714. The number of sulfonamides is 1. The minimum absolute atomic E-state index is 0.0591. The maximum absolute atomic E-state index is 12.4. The lowest BCUT2D eigenvalue weighted by atomic mass is 10.2. The number of aromatic nitrogens is 1. The highest BCUT2D eigenvalue weighted by Crippen LogP contribution is 2.28. The Morgan fingerprint density at radius 1 is 1.14 bits per heavy atom. The quantitative estimate of drug-likeness (QED) is 0.761. The van der Waals surface area contributed by atoms with Crippen molar-refractivity contribution in [3.05, 3.63) is 52.0 Å². The van der Waals surface area contributed by atoms with Crippen LogP contribution in [0.15, 0.2) is 45.7 Å². The highest BCUT2D eigenvalue weighted by Gasteiger charge is 2.21. The van der Waals surface area contributed by atoms with E-state index in [9.17, 15) is 8.42 Å². The standard InChI is InChI=1S/C14H10Cl2N2O3S/c1-8-2-5-11-12(6-8)21-14(17-11)18-22(19,20)13-7-9(15)3-4-10(13)16/h2-7H,1H3,(H,17,18). The van der Waals surface area contributed by atoms with Crippen LogP contribution in [0.1, 0.15) is 5.56 Å². The molecule has 0 saturated heterocycles. The molecule has 0 unspecified atom stereocenters. The van der Waals surface area contributed by atoms with Gasteiger partial charge in [-0.15, -0.1) is 0 Å². The van der Waals surface area contributed by atoms with E-state index in [-0.39, 0.29) is 21.0 Å². The summed E-state index contributed by atoms with van der Waals surface area (Å²) in [6.45, 7) is 1.90. The fourth-order valence-corrected chi connectivity index (χ4v) is 3.62. The summed E-state index contributed by atoms with van der Waals surface area (Å²) in [4.78, 5) is 3.94. The van der Waals surface area contributed by atoms with Crippen LogP contribution in [0.2, 0.25) is 10.0 Å². The highest BCUT2D eigenvalue weighted by molar-refractivity contribution is 7.92. The predicted octanol–water partition coefficient (Wildman–Crippen LogP) is 4.24. The lowest BCUT2D eigenvalue weighted by molar-refractivity contribution is 0.591. The van der Waals surface area contributed by atoms with E-state index in [1.165, 1.54) is 18.2 Å². The third-order valence-corrected chi connectivity index (χ3v) is 4.99. The van der Waals surface area contributed by atoms with Gasteiger partial charge in [-0.25, -0.2) is 13.1 Å². The van der Waals surface area contributed by atoms with Gasteiger partial charge in [-0.2, -0.15) is 4.98 Å². The molecule has 1 aromatic heterocycles. The number of anilines is 1. The van der Waals surface area contributed by atoms with Crippen molar-refractivity contribution in [2.75, 3.05) is 4.72 Å². The van der Waals surface area contributed by atoms with E-state index in [4.69, 9.17) is 27.6 Å². The first-order valence-corrected chi connectivity index (χ1v) is 8.44. The maximum atomic E-state index is 12.4. The molecule has 8 heteroatoms.